The van der Waals surface area contributed by atoms with Crippen LogP contribution in [0.1, 0.15) is 28.4 Å². The minimum Gasteiger partial charge on any atom is -0.454 e. The lowest BCUT2D eigenvalue weighted by atomic mass is 9.93. The van der Waals surface area contributed by atoms with Crippen molar-refractivity contribution in [2.24, 2.45) is 5.73 Å². The van der Waals surface area contributed by atoms with Crippen LogP contribution in [0.15, 0.2) is 18.2 Å². The van der Waals surface area contributed by atoms with Crippen molar-refractivity contribution in [3.8, 4) is 0 Å². The molecule has 1 aromatic carbocycles. The molecule has 0 aliphatic carbocycles. The summed E-state index contributed by atoms with van der Waals surface area (Å²) < 4.78 is 10.1. The maximum atomic E-state index is 11.9. The van der Waals surface area contributed by atoms with Gasteiger partial charge in [0.1, 0.15) is 12.2 Å². The van der Waals surface area contributed by atoms with Gasteiger partial charge in [-0.25, -0.2) is 9.59 Å². The predicted octanol–water partition coefficient (Wildman–Crippen LogP) is 1.56. The summed E-state index contributed by atoms with van der Waals surface area (Å²) in [4.78, 5) is 22.6. The number of hydrogen-bond donors (Lipinski definition) is 1. The highest BCUT2D eigenvalue weighted by atomic mass is 16.6. The second kappa shape index (κ2) is 4.68. The van der Waals surface area contributed by atoms with Crippen LogP contribution in [0.3, 0.4) is 0 Å². The van der Waals surface area contributed by atoms with E-state index in [4.69, 9.17) is 15.2 Å². The normalized spacial score (nSPS) is 19.7. The van der Waals surface area contributed by atoms with Crippen LogP contribution in [0.4, 0.5) is 4.79 Å². The molecule has 1 aliphatic heterocycles. The lowest BCUT2D eigenvalue weighted by Gasteiger charge is -2.29. The Bertz CT molecular complexity index is 498. The highest BCUT2D eigenvalue weighted by Gasteiger charge is 2.32. The Morgan fingerprint density at radius 3 is 2.94 bits per heavy atom. The highest BCUT2D eigenvalue weighted by molar-refractivity contribution is 5.93. The van der Waals surface area contributed by atoms with Crippen LogP contribution >= 0.6 is 0 Å². The second-order valence-corrected chi connectivity index (χ2v) is 4.40. The molecule has 0 saturated carbocycles. The first kappa shape index (κ1) is 12.4. The lowest BCUT2D eigenvalue weighted by molar-refractivity contribution is -0.0217. The van der Waals surface area contributed by atoms with Gasteiger partial charge in [0.2, 0.25) is 0 Å². The highest BCUT2D eigenvalue weighted by Crippen LogP contribution is 2.25. The number of amides is 1. The number of fused-ring (bicyclic) bond motifs is 1. The number of ether oxygens (including phenoxy) is 2. The zero-order valence-corrected chi connectivity index (χ0v) is 10.3. The summed E-state index contributed by atoms with van der Waals surface area (Å²) >= 11 is 0. The molecule has 0 spiro atoms. The summed E-state index contributed by atoms with van der Waals surface area (Å²) in [6.45, 7) is 3.52. The van der Waals surface area contributed by atoms with Gasteiger partial charge in [-0.15, -0.1) is 0 Å². The summed E-state index contributed by atoms with van der Waals surface area (Å²) in [7, 11) is 0. The van der Waals surface area contributed by atoms with Crippen LogP contribution in [-0.4, -0.2) is 24.3 Å². The molecule has 1 aliphatic rings. The van der Waals surface area contributed by atoms with Gasteiger partial charge in [0.15, 0.2) is 0 Å². The number of hydrogen-bond acceptors (Lipinski definition) is 4. The Hall–Kier alpha value is -2.04. The zero-order valence-electron chi connectivity index (χ0n) is 10.3. The minimum absolute atomic E-state index is 0.376. The molecular weight excluding hydrogens is 234 g/mol. The molecule has 96 valence electrons. The number of aryl methyl sites for hydroxylation is 1. The molecule has 0 fully saturated rings. The van der Waals surface area contributed by atoms with E-state index in [2.05, 4.69) is 0 Å². The van der Waals surface area contributed by atoms with E-state index in [9.17, 15) is 9.59 Å². The van der Waals surface area contributed by atoms with Crippen molar-refractivity contribution in [1.29, 1.82) is 0 Å². The van der Waals surface area contributed by atoms with Gasteiger partial charge < -0.3 is 15.2 Å². The molecule has 1 amide bonds. The van der Waals surface area contributed by atoms with Crippen LogP contribution in [0.5, 0.6) is 0 Å². The Labute approximate surface area is 105 Å². The first-order valence-corrected chi connectivity index (χ1v) is 5.74. The van der Waals surface area contributed by atoms with Gasteiger partial charge in [0, 0.05) is 6.42 Å². The molecule has 1 unspecified atom stereocenters. The molecule has 0 bridgehead atoms. The molecular formula is C13H15NO4. The van der Waals surface area contributed by atoms with E-state index in [1.165, 1.54) is 0 Å². The largest absolute Gasteiger partial charge is 0.454 e. The standard InChI is InChI=1S/C13H15NO4/c1-7-4-3-5-9-6-10(8(2)17-13(14)16)18-12(15)11(7)9/h3-5,8,10H,6H2,1-2H3,(H2,14,16)/t8-,10?/m0/s1. The summed E-state index contributed by atoms with van der Waals surface area (Å²) in [6, 6.07) is 5.64. The third-order valence-electron chi connectivity index (χ3n) is 3.07. The van der Waals surface area contributed by atoms with Crippen molar-refractivity contribution < 1.29 is 19.1 Å². The molecule has 0 radical (unpaired) electrons. The average Bonchev–Trinajstić information content (AvgIpc) is 2.27. The third kappa shape index (κ3) is 2.30. The summed E-state index contributed by atoms with van der Waals surface area (Å²) in [5.74, 6) is -0.376. The quantitative estimate of drug-likeness (QED) is 0.807. The SMILES string of the molecule is Cc1cccc2c1C(=O)OC([C@H](C)OC(N)=O)C2. The fraction of sp³-hybridized carbons (Fsp3) is 0.385. The Morgan fingerprint density at radius 2 is 2.28 bits per heavy atom. The minimum atomic E-state index is -0.867. The van der Waals surface area contributed by atoms with E-state index >= 15 is 0 Å². The number of carbonyl (C=O) groups is 2. The average molecular weight is 249 g/mol. The molecule has 18 heavy (non-hydrogen) atoms. The molecule has 0 aromatic heterocycles. The first-order valence-electron chi connectivity index (χ1n) is 5.74. The smallest absolute Gasteiger partial charge is 0.404 e. The fourth-order valence-electron chi connectivity index (χ4n) is 2.17. The molecule has 1 heterocycles. The van der Waals surface area contributed by atoms with Gasteiger partial charge in [-0.2, -0.15) is 0 Å². The number of carbonyl (C=O) groups excluding carboxylic acids is 2. The van der Waals surface area contributed by atoms with E-state index in [0.717, 1.165) is 11.1 Å². The first-order chi connectivity index (χ1) is 8.49. The zero-order chi connectivity index (χ0) is 13.3. The maximum absolute atomic E-state index is 11.9. The van der Waals surface area contributed by atoms with Crippen molar-refractivity contribution >= 4 is 12.1 Å². The Morgan fingerprint density at radius 1 is 1.56 bits per heavy atom. The molecule has 2 atom stereocenters. The van der Waals surface area contributed by atoms with Crippen molar-refractivity contribution in [3.05, 3.63) is 34.9 Å². The number of rotatable bonds is 2. The van der Waals surface area contributed by atoms with E-state index < -0.39 is 18.3 Å². The third-order valence-corrected chi connectivity index (χ3v) is 3.07. The van der Waals surface area contributed by atoms with Crippen LogP contribution in [0.25, 0.3) is 0 Å². The maximum Gasteiger partial charge on any atom is 0.404 e. The van der Waals surface area contributed by atoms with E-state index in [-0.39, 0.29) is 5.97 Å². The lowest BCUT2D eigenvalue weighted by Crippen LogP contribution is -2.39. The molecule has 1 aromatic rings. The number of cyclic esters (lactones) is 1. The monoisotopic (exact) mass is 249 g/mol. The molecule has 5 heteroatoms. The number of esters is 1. The Kier molecular flexibility index (Phi) is 3.23. The van der Waals surface area contributed by atoms with Gasteiger partial charge >= 0.3 is 12.1 Å². The van der Waals surface area contributed by atoms with Gasteiger partial charge in [0.05, 0.1) is 5.56 Å². The van der Waals surface area contributed by atoms with E-state index in [1.54, 1.807) is 6.92 Å². The van der Waals surface area contributed by atoms with Crippen LogP contribution < -0.4 is 5.73 Å². The number of nitrogens with two attached hydrogens (primary N) is 1. The topological polar surface area (TPSA) is 78.6 Å². The van der Waals surface area contributed by atoms with Crippen molar-refractivity contribution in [1.82, 2.24) is 0 Å². The number of benzene rings is 1. The van der Waals surface area contributed by atoms with Crippen molar-refractivity contribution in [2.45, 2.75) is 32.5 Å². The van der Waals surface area contributed by atoms with Gasteiger partial charge in [-0.1, -0.05) is 18.2 Å². The fourth-order valence-corrected chi connectivity index (χ4v) is 2.17. The molecule has 5 nitrogen and oxygen atoms in total. The van der Waals surface area contributed by atoms with Crippen LogP contribution in [-0.2, 0) is 15.9 Å². The summed E-state index contributed by atoms with van der Waals surface area (Å²) in [6.07, 6.45) is -1.38. The molecule has 0 saturated heterocycles. The van der Waals surface area contributed by atoms with Gasteiger partial charge in [-0.3, -0.25) is 0 Å². The summed E-state index contributed by atoms with van der Waals surface area (Å²) in [5.41, 5.74) is 7.36. The van der Waals surface area contributed by atoms with Crippen molar-refractivity contribution in [2.75, 3.05) is 0 Å². The van der Waals surface area contributed by atoms with Crippen LogP contribution in [0, 0.1) is 6.92 Å². The van der Waals surface area contributed by atoms with Crippen LogP contribution in [0.2, 0.25) is 0 Å². The Balaban J connectivity index is 2.23. The van der Waals surface area contributed by atoms with E-state index in [0.29, 0.717) is 12.0 Å². The van der Waals surface area contributed by atoms with E-state index in [1.807, 2.05) is 25.1 Å². The summed E-state index contributed by atoms with van der Waals surface area (Å²) in [5, 5.41) is 0. The number of primary amides is 1. The van der Waals surface area contributed by atoms with Gasteiger partial charge in [0.25, 0.3) is 0 Å². The van der Waals surface area contributed by atoms with Crippen molar-refractivity contribution in [3.63, 3.8) is 0 Å². The molecule has 2 N–H and O–H groups in total. The predicted molar refractivity (Wildman–Crippen MR) is 64.2 cm³/mol. The van der Waals surface area contributed by atoms with Gasteiger partial charge in [-0.05, 0) is 25.0 Å². The molecule has 2 rings (SSSR count). The second-order valence-electron chi connectivity index (χ2n) is 4.40.